The van der Waals surface area contributed by atoms with Gasteiger partial charge in [-0.25, -0.2) is 0 Å². The Bertz CT molecular complexity index is 929. The standard InChI is InChI=1S/C16H16F3N5O2S/c1-9(2)5-20-14(25)10-6-21-24(7-10)8-11-3-4-12(27-11)13-22-15(26-23-13)16(17,18)19/h3-4,6-7,9H,5,8H2,1-2H3,(H,20,25). The van der Waals surface area contributed by atoms with Gasteiger partial charge in [0.1, 0.15) is 0 Å². The molecule has 27 heavy (non-hydrogen) atoms. The largest absolute Gasteiger partial charge is 0.471 e. The summed E-state index contributed by atoms with van der Waals surface area (Å²) < 4.78 is 43.4. The third kappa shape index (κ3) is 4.73. The van der Waals surface area contributed by atoms with Crippen LogP contribution in [0.5, 0.6) is 0 Å². The number of carbonyl (C=O) groups is 1. The summed E-state index contributed by atoms with van der Waals surface area (Å²) in [6.07, 6.45) is -1.59. The van der Waals surface area contributed by atoms with Crippen LogP contribution in [0.25, 0.3) is 10.7 Å². The van der Waals surface area contributed by atoms with Crippen LogP contribution in [0.1, 0.15) is 35.0 Å². The zero-order chi connectivity index (χ0) is 19.6. The first-order valence-corrected chi connectivity index (χ1v) is 8.84. The summed E-state index contributed by atoms with van der Waals surface area (Å²) >= 11 is 1.22. The van der Waals surface area contributed by atoms with Gasteiger partial charge in [-0.1, -0.05) is 19.0 Å². The monoisotopic (exact) mass is 399 g/mol. The number of carbonyl (C=O) groups excluding carboxylic acids is 1. The van der Waals surface area contributed by atoms with Crippen LogP contribution >= 0.6 is 11.3 Å². The summed E-state index contributed by atoms with van der Waals surface area (Å²) in [7, 11) is 0. The normalized spacial score (nSPS) is 11.9. The zero-order valence-corrected chi connectivity index (χ0v) is 15.3. The zero-order valence-electron chi connectivity index (χ0n) is 14.4. The summed E-state index contributed by atoms with van der Waals surface area (Å²) in [5.41, 5.74) is 0.445. The molecule has 1 N–H and O–H groups in total. The van der Waals surface area contributed by atoms with E-state index in [9.17, 15) is 18.0 Å². The summed E-state index contributed by atoms with van der Waals surface area (Å²) in [5.74, 6) is -1.35. The Hall–Kier alpha value is -2.69. The van der Waals surface area contributed by atoms with Crippen LogP contribution in [-0.2, 0) is 12.7 Å². The molecule has 0 fully saturated rings. The van der Waals surface area contributed by atoms with E-state index < -0.39 is 12.1 Å². The number of hydrogen-bond acceptors (Lipinski definition) is 6. The van der Waals surface area contributed by atoms with Gasteiger partial charge in [0.2, 0.25) is 5.82 Å². The maximum absolute atomic E-state index is 12.5. The van der Waals surface area contributed by atoms with Crippen molar-refractivity contribution in [1.29, 1.82) is 0 Å². The molecule has 0 unspecified atom stereocenters. The van der Waals surface area contributed by atoms with Gasteiger partial charge in [-0.2, -0.15) is 23.3 Å². The Labute approximate surface area is 156 Å². The number of hydrogen-bond donors (Lipinski definition) is 1. The molecule has 0 aliphatic rings. The fourth-order valence-electron chi connectivity index (χ4n) is 2.15. The molecular formula is C16H16F3N5O2S. The third-order valence-electron chi connectivity index (χ3n) is 3.43. The van der Waals surface area contributed by atoms with Gasteiger partial charge in [0, 0.05) is 17.6 Å². The van der Waals surface area contributed by atoms with Gasteiger partial charge < -0.3 is 9.84 Å². The van der Waals surface area contributed by atoms with E-state index in [1.165, 1.54) is 17.5 Å². The number of amides is 1. The fraction of sp³-hybridized carbons (Fsp3) is 0.375. The van der Waals surface area contributed by atoms with Crippen LogP contribution in [0.3, 0.4) is 0 Å². The van der Waals surface area contributed by atoms with E-state index in [1.807, 2.05) is 13.8 Å². The molecule has 0 aliphatic heterocycles. The molecule has 11 heteroatoms. The highest BCUT2D eigenvalue weighted by Crippen LogP contribution is 2.31. The molecule has 0 saturated carbocycles. The van der Waals surface area contributed by atoms with Gasteiger partial charge in [-0.3, -0.25) is 9.48 Å². The van der Waals surface area contributed by atoms with Crippen molar-refractivity contribution in [2.75, 3.05) is 6.54 Å². The van der Waals surface area contributed by atoms with Crippen LogP contribution in [-0.4, -0.2) is 32.4 Å². The van der Waals surface area contributed by atoms with Crippen molar-refractivity contribution >= 4 is 17.2 Å². The predicted molar refractivity (Wildman–Crippen MR) is 91.1 cm³/mol. The van der Waals surface area contributed by atoms with E-state index in [4.69, 9.17) is 0 Å². The topological polar surface area (TPSA) is 85.8 Å². The fourth-order valence-corrected chi connectivity index (χ4v) is 3.07. The molecule has 3 heterocycles. The number of alkyl halides is 3. The minimum atomic E-state index is -4.67. The summed E-state index contributed by atoms with van der Waals surface area (Å²) in [5, 5.41) is 10.3. The van der Waals surface area contributed by atoms with E-state index in [2.05, 4.69) is 25.1 Å². The molecule has 1 amide bonds. The molecule has 0 bridgehead atoms. The first kappa shape index (κ1) is 19.1. The van der Waals surface area contributed by atoms with Crippen molar-refractivity contribution in [3.05, 3.63) is 40.9 Å². The third-order valence-corrected chi connectivity index (χ3v) is 4.50. The Kier molecular flexibility index (Phi) is 5.31. The highest BCUT2D eigenvalue weighted by Gasteiger charge is 2.38. The molecule has 3 aromatic heterocycles. The van der Waals surface area contributed by atoms with Crippen LogP contribution in [0, 0.1) is 5.92 Å². The second kappa shape index (κ2) is 7.51. The molecule has 7 nitrogen and oxygen atoms in total. The summed E-state index contributed by atoms with van der Waals surface area (Å²) in [4.78, 5) is 16.6. The van der Waals surface area contributed by atoms with Crippen LogP contribution in [0.15, 0.2) is 29.0 Å². The Balaban J connectivity index is 1.66. The van der Waals surface area contributed by atoms with Gasteiger partial charge in [0.05, 0.1) is 23.2 Å². The predicted octanol–water partition coefficient (Wildman–Crippen LogP) is 3.45. The average Bonchev–Trinajstić information content (AvgIpc) is 3.32. The van der Waals surface area contributed by atoms with Crippen molar-refractivity contribution in [2.45, 2.75) is 26.6 Å². The molecule has 3 aromatic rings. The minimum Gasteiger partial charge on any atom is -0.352 e. The molecule has 0 spiro atoms. The van der Waals surface area contributed by atoms with Gasteiger partial charge in [0.25, 0.3) is 5.91 Å². The maximum atomic E-state index is 12.5. The van der Waals surface area contributed by atoms with Crippen LogP contribution in [0.2, 0.25) is 0 Å². The number of thiophene rings is 1. The molecule has 0 saturated heterocycles. The first-order chi connectivity index (χ1) is 12.7. The quantitative estimate of drug-likeness (QED) is 0.686. The lowest BCUT2D eigenvalue weighted by Crippen LogP contribution is -2.26. The molecule has 3 rings (SSSR count). The lowest BCUT2D eigenvalue weighted by Gasteiger charge is -2.05. The lowest BCUT2D eigenvalue weighted by atomic mass is 10.2. The maximum Gasteiger partial charge on any atom is 0.471 e. The number of halogens is 3. The number of aromatic nitrogens is 4. The lowest BCUT2D eigenvalue weighted by molar-refractivity contribution is -0.159. The summed E-state index contributed by atoms with van der Waals surface area (Å²) in [6.45, 7) is 4.94. The first-order valence-electron chi connectivity index (χ1n) is 8.03. The second-order valence-electron chi connectivity index (χ2n) is 6.22. The smallest absolute Gasteiger partial charge is 0.352 e. The van der Waals surface area contributed by atoms with Crippen molar-refractivity contribution in [3.8, 4) is 10.7 Å². The van der Waals surface area contributed by atoms with E-state index in [1.54, 1.807) is 23.0 Å². The van der Waals surface area contributed by atoms with Crippen molar-refractivity contribution in [1.82, 2.24) is 25.2 Å². The molecular weight excluding hydrogens is 383 g/mol. The molecule has 0 aliphatic carbocycles. The number of rotatable bonds is 6. The van der Waals surface area contributed by atoms with Crippen molar-refractivity contribution in [3.63, 3.8) is 0 Å². The van der Waals surface area contributed by atoms with Crippen molar-refractivity contribution in [2.24, 2.45) is 5.92 Å². The SMILES string of the molecule is CC(C)CNC(=O)c1cnn(Cc2ccc(-c3noc(C(F)(F)F)n3)s2)c1. The van der Waals surface area contributed by atoms with E-state index in [-0.39, 0.29) is 11.7 Å². The Morgan fingerprint density at radius 1 is 1.37 bits per heavy atom. The van der Waals surface area contributed by atoms with E-state index in [0.29, 0.717) is 29.4 Å². The average molecular weight is 399 g/mol. The van der Waals surface area contributed by atoms with Gasteiger partial charge >= 0.3 is 12.1 Å². The highest BCUT2D eigenvalue weighted by atomic mass is 32.1. The molecule has 0 atom stereocenters. The molecule has 0 radical (unpaired) electrons. The van der Waals surface area contributed by atoms with Crippen LogP contribution in [0.4, 0.5) is 13.2 Å². The van der Waals surface area contributed by atoms with Gasteiger partial charge in [-0.05, 0) is 18.1 Å². The number of nitrogens with one attached hydrogen (secondary N) is 1. The van der Waals surface area contributed by atoms with Crippen LogP contribution < -0.4 is 5.32 Å². The number of nitrogens with zero attached hydrogens (tertiary/aromatic N) is 4. The Morgan fingerprint density at radius 3 is 2.81 bits per heavy atom. The highest BCUT2D eigenvalue weighted by molar-refractivity contribution is 7.15. The Morgan fingerprint density at radius 2 is 2.15 bits per heavy atom. The second-order valence-corrected chi connectivity index (χ2v) is 7.39. The minimum absolute atomic E-state index is 0.118. The van der Waals surface area contributed by atoms with Crippen molar-refractivity contribution < 1.29 is 22.5 Å². The van der Waals surface area contributed by atoms with Gasteiger partial charge in [-0.15, -0.1) is 11.3 Å². The molecule has 0 aromatic carbocycles. The van der Waals surface area contributed by atoms with Gasteiger partial charge in [0.15, 0.2) is 0 Å². The van der Waals surface area contributed by atoms with E-state index in [0.717, 1.165) is 4.88 Å². The molecule has 144 valence electrons. The van der Waals surface area contributed by atoms with E-state index >= 15 is 0 Å². The summed E-state index contributed by atoms with van der Waals surface area (Å²) in [6, 6.07) is 3.36.